The molecule has 0 fully saturated rings. The Balaban J connectivity index is 2.52. The molecule has 0 saturated heterocycles. The molecule has 0 bridgehead atoms. The number of ether oxygens (including phenoxy) is 2. The number of halogens is 1. The lowest BCUT2D eigenvalue weighted by atomic mass is 10.2. The van der Waals surface area contributed by atoms with Crippen molar-refractivity contribution >= 4 is 0 Å². The van der Waals surface area contributed by atoms with Crippen molar-refractivity contribution in [2.75, 3.05) is 20.3 Å². The minimum atomic E-state index is -0.699. The van der Waals surface area contributed by atoms with Crippen molar-refractivity contribution in [1.29, 1.82) is 0 Å². The van der Waals surface area contributed by atoms with Gasteiger partial charge in [-0.05, 0) is 39.1 Å². The van der Waals surface area contributed by atoms with Crippen LogP contribution in [-0.4, -0.2) is 37.6 Å². The molecule has 0 aliphatic heterocycles. The van der Waals surface area contributed by atoms with E-state index in [1.165, 1.54) is 12.1 Å². The van der Waals surface area contributed by atoms with Crippen LogP contribution < -0.4 is 10.1 Å². The van der Waals surface area contributed by atoms with Gasteiger partial charge >= 0.3 is 0 Å². The fourth-order valence-electron chi connectivity index (χ4n) is 1.56. The first-order chi connectivity index (χ1) is 9.02. The smallest absolute Gasteiger partial charge is 0.124 e. The van der Waals surface area contributed by atoms with Gasteiger partial charge in [0.15, 0.2) is 0 Å². The lowest BCUT2D eigenvalue weighted by Crippen LogP contribution is -2.25. The normalized spacial score (nSPS) is 12.7. The van der Waals surface area contributed by atoms with Gasteiger partial charge in [0.1, 0.15) is 24.3 Å². The van der Waals surface area contributed by atoms with Crippen LogP contribution in [0, 0.1) is 5.82 Å². The van der Waals surface area contributed by atoms with E-state index in [2.05, 4.69) is 5.32 Å². The Morgan fingerprint density at radius 3 is 2.68 bits per heavy atom. The summed E-state index contributed by atoms with van der Waals surface area (Å²) in [6.07, 6.45) is -0.629. The molecule has 2 N–H and O–H groups in total. The number of hydrogen-bond donors (Lipinski definition) is 2. The summed E-state index contributed by atoms with van der Waals surface area (Å²) in [6.45, 7) is 4.65. The molecule has 1 rings (SSSR count). The fraction of sp³-hybridized carbons (Fsp3) is 0.571. The first kappa shape index (κ1) is 15.9. The van der Waals surface area contributed by atoms with Gasteiger partial charge in [-0.25, -0.2) is 4.39 Å². The molecule has 108 valence electrons. The third-order valence-corrected chi connectivity index (χ3v) is 2.44. The largest absolute Gasteiger partial charge is 0.490 e. The van der Waals surface area contributed by atoms with E-state index in [9.17, 15) is 9.50 Å². The second-order valence-corrected chi connectivity index (χ2v) is 4.63. The molecule has 0 saturated carbocycles. The zero-order valence-electron chi connectivity index (χ0n) is 11.6. The number of aliphatic hydroxyl groups excluding tert-OH is 1. The SMILES string of the molecule is CNCc1cc(F)ccc1OCC(O)COC(C)C. The molecule has 0 radical (unpaired) electrons. The van der Waals surface area contributed by atoms with Crippen LogP contribution >= 0.6 is 0 Å². The molecule has 1 aromatic carbocycles. The summed E-state index contributed by atoms with van der Waals surface area (Å²) in [5.41, 5.74) is 0.722. The van der Waals surface area contributed by atoms with E-state index in [1.54, 1.807) is 13.1 Å². The Bertz CT molecular complexity index is 385. The van der Waals surface area contributed by atoms with E-state index < -0.39 is 6.10 Å². The quantitative estimate of drug-likeness (QED) is 0.756. The Kier molecular flexibility index (Phi) is 6.77. The maximum atomic E-state index is 13.1. The predicted molar refractivity (Wildman–Crippen MR) is 71.8 cm³/mol. The van der Waals surface area contributed by atoms with Crippen molar-refractivity contribution in [2.45, 2.75) is 32.6 Å². The van der Waals surface area contributed by atoms with E-state index in [0.717, 1.165) is 5.56 Å². The van der Waals surface area contributed by atoms with E-state index in [1.807, 2.05) is 13.8 Å². The minimum absolute atomic E-state index is 0.0697. The number of hydrogen-bond acceptors (Lipinski definition) is 4. The molecule has 5 heteroatoms. The molecule has 0 spiro atoms. The summed E-state index contributed by atoms with van der Waals surface area (Å²) in [6, 6.07) is 4.33. The van der Waals surface area contributed by atoms with E-state index in [0.29, 0.717) is 12.3 Å². The molecule has 1 aromatic rings. The predicted octanol–water partition coefficient (Wildman–Crippen LogP) is 1.71. The van der Waals surface area contributed by atoms with Crippen molar-refractivity contribution < 1.29 is 19.0 Å². The summed E-state index contributed by atoms with van der Waals surface area (Å²) in [4.78, 5) is 0. The van der Waals surface area contributed by atoms with Gasteiger partial charge in [-0.1, -0.05) is 0 Å². The molecule has 1 unspecified atom stereocenters. The minimum Gasteiger partial charge on any atom is -0.490 e. The Labute approximate surface area is 113 Å². The lowest BCUT2D eigenvalue weighted by molar-refractivity contribution is -0.0124. The van der Waals surface area contributed by atoms with Crippen LogP contribution in [-0.2, 0) is 11.3 Å². The van der Waals surface area contributed by atoms with E-state index in [4.69, 9.17) is 9.47 Å². The Morgan fingerprint density at radius 1 is 1.32 bits per heavy atom. The van der Waals surface area contributed by atoms with Crippen LogP contribution in [0.2, 0.25) is 0 Å². The number of nitrogens with one attached hydrogen (secondary N) is 1. The van der Waals surface area contributed by atoms with Crippen molar-refractivity contribution in [1.82, 2.24) is 5.32 Å². The zero-order valence-corrected chi connectivity index (χ0v) is 11.6. The summed E-state index contributed by atoms with van der Waals surface area (Å²) in [7, 11) is 1.78. The molecular formula is C14H22FNO3. The number of rotatable bonds is 8. The first-order valence-corrected chi connectivity index (χ1v) is 6.38. The van der Waals surface area contributed by atoms with Gasteiger partial charge < -0.3 is 19.9 Å². The molecule has 1 atom stereocenters. The van der Waals surface area contributed by atoms with Gasteiger partial charge in [-0.15, -0.1) is 0 Å². The van der Waals surface area contributed by atoms with Gasteiger partial charge in [0.25, 0.3) is 0 Å². The Hall–Kier alpha value is -1.17. The van der Waals surface area contributed by atoms with Gasteiger partial charge in [0, 0.05) is 12.1 Å². The molecular weight excluding hydrogens is 249 g/mol. The third-order valence-electron chi connectivity index (χ3n) is 2.44. The number of benzene rings is 1. The highest BCUT2D eigenvalue weighted by molar-refractivity contribution is 5.33. The maximum absolute atomic E-state index is 13.1. The van der Waals surface area contributed by atoms with Gasteiger partial charge in [0.05, 0.1) is 12.7 Å². The van der Waals surface area contributed by atoms with Crippen LogP contribution in [0.25, 0.3) is 0 Å². The monoisotopic (exact) mass is 271 g/mol. The van der Waals surface area contributed by atoms with Crippen molar-refractivity contribution in [2.24, 2.45) is 0 Å². The van der Waals surface area contributed by atoms with Crippen LogP contribution in [0.15, 0.2) is 18.2 Å². The molecule has 0 heterocycles. The van der Waals surface area contributed by atoms with E-state index >= 15 is 0 Å². The highest BCUT2D eigenvalue weighted by Crippen LogP contribution is 2.19. The first-order valence-electron chi connectivity index (χ1n) is 6.38. The van der Waals surface area contributed by atoms with Crippen molar-refractivity contribution in [3.63, 3.8) is 0 Å². The molecule has 0 aliphatic rings. The molecule has 4 nitrogen and oxygen atoms in total. The zero-order chi connectivity index (χ0) is 14.3. The topological polar surface area (TPSA) is 50.7 Å². The second kappa shape index (κ2) is 8.09. The third kappa shape index (κ3) is 6.00. The summed E-state index contributed by atoms with van der Waals surface area (Å²) in [5, 5.41) is 12.6. The van der Waals surface area contributed by atoms with E-state index in [-0.39, 0.29) is 25.1 Å². The second-order valence-electron chi connectivity index (χ2n) is 4.63. The average molecular weight is 271 g/mol. The summed E-state index contributed by atoms with van der Waals surface area (Å²) < 4.78 is 23.9. The fourth-order valence-corrected chi connectivity index (χ4v) is 1.56. The lowest BCUT2D eigenvalue weighted by Gasteiger charge is -2.16. The van der Waals surface area contributed by atoms with Crippen molar-refractivity contribution in [3.8, 4) is 5.75 Å². The highest BCUT2D eigenvalue weighted by atomic mass is 19.1. The van der Waals surface area contributed by atoms with Gasteiger partial charge in [-0.2, -0.15) is 0 Å². The van der Waals surface area contributed by atoms with Gasteiger partial charge in [0.2, 0.25) is 0 Å². The highest BCUT2D eigenvalue weighted by Gasteiger charge is 2.10. The van der Waals surface area contributed by atoms with Crippen LogP contribution in [0.5, 0.6) is 5.75 Å². The van der Waals surface area contributed by atoms with Crippen LogP contribution in [0.4, 0.5) is 4.39 Å². The average Bonchev–Trinajstić information content (AvgIpc) is 2.35. The van der Waals surface area contributed by atoms with Crippen molar-refractivity contribution in [3.05, 3.63) is 29.6 Å². The summed E-state index contributed by atoms with van der Waals surface area (Å²) in [5.74, 6) is 0.264. The molecule has 0 aromatic heterocycles. The maximum Gasteiger partial charge on any atom is 0.124 e. The molecule has 19 heavy (non-hydrogen) atoms. The Morgan fingerprint density at radius 2 is 2.05 bits per heavy atom. The molecule has 0 aliphatic carbocycles. The van der Waals surface area contributed by atoms with Crippen LogP contribution in [0.3, 0.4) is 0 Å². The van der Waals surface area contributed by atoms with Gasteiger partial charge in [-0.3, -0.25) is 0 Å². The molecule has 0 amide bonds. The summed E-state index contributed by atoms with van der Waals surface area (Å²) >= 11 is 0. The standard InChI is InChI=1S/C14H22FNO3/c1-10(2)18-8-13(17)9-19-14-5-4-12(15)6-11(14)7-16-3/h4-6,10,13,16-17H,7-9H2,1-3H3. The van der Waals surface area contributed by atoms with Crippen LogP contribution in [0.1, 0.15) is 19.4 Å². The number of aliphatic hydroxyl groups is 1.